The van der Waals surface area contributed by atoms with Gasteiger partial charge in [-0.15, -0.1) is 11.3 Å². The predicted octanol–water partition coefficient (Wildman–Crippen LogP) is 2.62. The second-order valence-corrected chi connectivity index (χ2v) is 4.41. The number of thiazole rings is 1. The molecule has 78 valence electrons. The zero-order chi connectivity index (χ0) is 10.8. The predicted molar refractivity (Wildman–Crippen MR) is 56.8 cm³/mol. The summed E-state index contributed by atoms with van der Waals surface area (Å²) >= 11 is 1.41. The van der Waals surface area contributed by atoms with Crippen LogP contribution < -0.4 is 0 Å². The van der Waals surface area contributed by atoms with Gasteiger partial charge in [0, 0.05) is 20.2 Å². The third kappa shape index (κ3) is 2.01. The third-order valence-corrected chi connectivity index (χ3v) is 3.77. The number of aromatic nitrogens is 1. The fraction of sp³-hybridized carbons (Fsp3) is 0.600. The normalized spacial score (nSPS) is 15.1. The van der Waals surface area contributed by atoms with Crippen molar-refractivity contribution >= 4 is 17.1 Å². The van der Waals surface area contributed by atoms with E-state index < -0.39 is 0 Å². The first-order valence-electron chi connectivity index (χ1n) is 4.56. The second kappa shape index (κ2) is 4.19. The molecule has 1 unspecified atom stereocenters. The van der Waals surface area contributed by atoms with Crippen LogP contribution in [0.4, 0.5) is 0 Å². The Hall–Kier alpha value is -0.740. The van der Waals surface area contributed by atoms with E-state index in [1.807, 2.05) is 13.8 Å². The minimum absolute atomic E-state index is 0.0586. The largest absolute Gasteiger partial charge is 0.371 e. The van der Waals surface area contributed by atoms with Crippen LogP contribution >= 0.6 is 11.3 Å². The Morgan fingerprint density at radius 2 is 2.36 bits per heavy atom. The van der Waals surface area contributed by atoms with Crippen molar-refractivity contribution in [1.82, 2.24) is 4.98 Å². The fourth-order valence-electron chi connectivity index (χ4n) is 1.06. The molecule has 1 heterocycles. The number of nitrogens with zero attached hydrogens (tertiary/aromatic N) is 1. The van der Waals surface area contributed by atoms with Gasteiger partial charge in [-0.3, -0.25) is 4.79 Å². The van der Waals surface area contributed by atoms with E-state index in [2.05, 4.69) is 4.98 Å². The van der Waals surface area contributed by atoms with Gasteiger partial charge in [0.15, 0.2) is 5.78 Å². The lowest BCUT2D eigenvalue weighted by Crippen LogP contribution is -2.22. The Kier molecular flexibility index (Phi) is 3.39. The van der Waals surface area contributed by atoms with Gasteiger partial charge in [-0.05, 0) is 13.3 Å². The maximum Gasteiger partial charge on any atom is 0.171 e. The molecule has 0 fully saturated rings. The van der Waals surface area contributed by atoms with Crippen molar-refractivity contribution in [2.24, 2.45) is 0 Å². The van der Waals surface area contributed by atoms with Gasteiger partial charge in [0.1, 0.15) is 10.6 Å². The first-order chi connectivity index (χ1) is 6.53. The molecule has 0 aliphatic rings. The van der Waals surface area contributed by atoms with Crippen LogP contribution in [0.2, 0.25) is 0 Å². The van der Waals surface area contributed by atoms with Crippen molar-refractivity contribution in [2.45, 2.75) is 32.8 Å². The summed E-state index contributed by atoms with van der Waals surface area (Å²) in [5.74, 6) is 0.0586. The highest BCUT2D eigenvalue weighted by Gasteiger charge is 2.27. The molecule has 1 aromatic heterocycles. The SMILES string of the molecule is CCC(C)(OC)c1ncc(C(C)=O)s1. The number of hydrogen-bond donors (Lipinski definition) is 0. The Labute approximate surface area is 88.1 Å². The average Bonchev–Trinajstić information content (AvgIpc) is 2.66. The van der Waals surface area contributed by atoms with E-state index >= 15 is 0 Å². The highest BCUT2D eigenvalue weighted by Crippen LogP contribution is 2.31. The summed E-state index contributed by atoms with van der Waals surface area (Å²) in [5, 5.41) is 0.868. The molecule has 14 heavy (non-hydrogen) atoms. The van der Waals surface area contributed by atoms with Crippen molar-refractivity contribution < 1.29 is 9.53 Å². The number of hydrogen-bond acceptors (Lipinski definition) is 4. The zero-order valence-corrected chi connectivity index (χ0v) is 9.77. The summed E-state index contributed by atoms with van der Waals surface area (Å²) in [4.78, 5) is 16.0. The minimum Gasteiger partial charge on any atom is -0.371 e. The quantitative estimate of drug-likeness (QED) is 0.722. The molecule has 0 aromatic carbocycles. The minimum atomic E-state index is -0.363. The molecule has 0 spiro atoms. The van der Waals surface area contributed by atoms with Crippen molar-refractivity contribution in [3.63, 3.8) is 0 Å². The number of methoxy groups -OCH3 is 1. The van der Waals surface area contributed by atoms with Crippen molar-refractivity contribution in [2.75, 3.05) is 7.11 Å². The topological polar surface area (TPSA) is 39.2 Å². The first-order valence-corrected chi connectivity index (χ1v) is 5.37. The summed E-state index contributed by atoms with van der Waals surface area (Å²) in [6.07, 6.45) is 2.46. The van der Waals surface area contributed by atoms with Gasteiger partial charge in [0.05, 0.1) is 4.88 Å². The summed E-state index contributed by atoms with van der Waals surface area (Å²) in [5.41, 5.74) is -0.363. The molecule has 0 amide bonds. The van der Waals surface area contributed by atoms with Gasteiger partial charge < -0.3 is 4.74 Å². The number of ether oxygens (including phenoxy) is 1. The molecule has 0 saturated heterocycles. The molecule has 1 rings (SSSR count). The summed E-state index contributed by atoms with van der Waals surface area (Å²) in [6, 6.07) is 0. The van der Waals surface area contributed by atoms with Gasteiger partial charge in [-0.2, -0.15) is 0 Å². The molecule has 1 atom stereocenters. The fourth-order valence-corrected chi connectivity index (χ4v) is 2.07. The number of ketones is 1. The van der Waals surface area contributed by atoms with Gasteiger partial charge >= 0.3 is 0 Å². The molecule has 0 saturated carbocycles. The van der Waals surface area contributed by atoms with Crippen LogP contribution in [0.25, 0.3) is 0 Å². The first kappa shape index (κ1) is 11.3. The molecule has 0 aliphatic carbocycles. The van der Waals surface area contributed by atoms with E-state index in [0.29, 0.717) is 4.88 Å². The summed E-state index contributed by atoms with van der Waals surface area (Å²) in [7, 11) is 1.67. The zero-order valence-electron chi connectivity index (χ0n) is 8.96. The maximum atomic E-state index is 11.1. The van der Waals surface area contributed by atoms with E-state index in [1.165, 1.54) is 11.3 Å². The van der Waals surface area contributed by atoms with Gasteiger partial charge in [0.2, 0.25) is 0 Å². The van der Waals surface area contributed by atoms with Crippen LogP contribution in [-0.4, -0.2) is 17.9 Å². The lowest BCUT2D eigenvalue weighted by atomic mass is 10.1. The highest BCUT2D eigenvalue weighted by atomic mass is 32.1. The van der Waals surface area contributed by atoms with E-state index in [9.17, 15) is 4.79 Å². The molecular formula is C10H15NO2S. The molecule has 0 N–H and O–H groups in total. The Morgan fingerprint density at radius 1 is 1.71 bits per heavy atom. The van der Waals surface area contributed by atoms with Gasteiger partial charge in [-0.1, -0.05) is 6.92 Å². The molecule has 0 bridgehead atoms. The number of Topliss-reactive ketones (excluding diaryl/α,β-unsaturated/α-hetero) is 1. The third-order valence-electron chi connectivity index (χ3n) is 2.43. The van der Waals surface area contributed by atoms with Crippen LogP contribution in [-0.2, 0) is 10.3 Å². The molecule has 0 radical (unpaired) electrons. The van der Waals surface area contributed by atoms with Crippen LogP contribution in [0.5, 0.6) is 0 Å². The maximum absolute atomic E-state index is 11.1. The van der Waals surface area contributed by atoms with Crippen LogP contribution in [0, 0.1) is 0 Å². The lowest BCUT2D eigenvalue weighted by molar-refractivity contribution is -0.00156. The molecular weight excluding hydrogens is 198 g/mol. The molecule has 4 heteroatoms. The monoisotopic (exact) mass is 213 g/mol. The number of rotatable bonds is 4. The van der Waals surface area contributed by atoms with E-state index in [0.717, 1.165) is 11.4 Å². The van der Waals surface area contributed by atoms with E-state index in [4.69, 9.17) is 4.74 Å². The second-order valence-electron chi connectivity index (χ2n) is 3.37. The van der Waals surface area contributed by atoms with Gasteiger partial charge in [-0.25, -0.2) is 4.98 Å². The van der Waals surface area contributed by atoms with Crippen molar-refractivity contribution in [3.05, 3.63) is 16.1 Å². The molecule has 3 nitrogen and oxygen atoms in total. The molecule has 0 aliphatic heterocycles. The van der Waals surface area contributed by atoms with Crippen LogP contribution in [0.15, 0.2) is 6.20 Å². The highest BCUT2D eigenvalue weighted by molar-refractivity contribution is 7.13. The summed E-state index contributed by atoms with van der Waals surface area (Å²) < 4.78 is 5.40. The average molecular weight is 213 g/mol. The Bertz CT molecular complexity index is 329. The number of carbonyl (C=O) groups excluding carboxylic acids is 1. The van der Waals surface area contributed by atoms with Crippen molar-refractivity contribution in [1.29, 1.82) is 0 Å². The van der Waals surface area contributed by atoms with E-state index in [1.54, 1.807) is 20.2 Å². The Morgan fingerprint density at radius 3 is 2.71 bits per heavy atom. The van der Waals surface area contributed by atoms with Gasteiger partial charge in [0.25, 0.3) is 0 Å². The Balaban J connectivity index is 3.01. The van der Waals surface area contributed by atoms with Crippen molar-refractivity contribution in [3.8, 4) is 0 Å². The standard InChI is InChI=1S/C10H15NO2S/c1-5-10(3,13-4)9-11-6-8(14-9)7(2)12/h6H,5H2,1-4H3. The van der Waals surface area contributed by atoms with Crippen LogP contribution in [0.3, 0.4) is 0 Å². The summed E-state index contributed by atoms with van der Waals surface area (Å²) in [6.45, 7) is 5.57. The van der Waals surface area contributed by atoms with E-state index in [-0.39, 0.29) is 11.4 Å². The van der Waals surface area contributed by atoms with Crippen LogP contribution in [0.1, 0.15) is 41.9 Å². The smallest absolute Gasteiger partial charge is 0.171 e. The molecule has 1 aromatic rings. The number of carbonyl (C=O) groups is 1. The lowest BCUT2D eigenvalue weighted by Gasteiger charge is -2.23.